The molecule has 2 nitrogen and oxygen atoms in total. The molecule has 0 N–H and O–H groups in total. The second kappa shape index (κ2) is 5.67. The van der Waals surface area contributed by atoms with Gasteiger partial charge in [-0.05, 0) is 0 Å². The van der Waals surface area contributed by atoms with Crippen LogP contribution in [0.25, 0.3) is 42.2 Å². The molecule has 8 bridgehead atoms. The molecule has 3 aromatic heterocycles. The Morgan fingerprint density at radius 2 is 1.04 bits per heavy atom. The van der Waals surface area contributed by atoms with E-state index < -0.39 is 0 Å². The number of thiophene rings is 1. The zero-order valence-electron chi connectivity index (χ0n) is 12.6. The molecule has 2 aliphatic heterocycles. The quantitative estimate of drug-likeness (QED) is 0.343. The zero-order valence-corrected chi connectivity index (χ0v) is 15.2. The second-order valence-corrected chi connectivity index (χ2v) is 9.20. The fourth-order valence-corrected chi connectivity index (χ4v) is 5.54. The van der Waals surface area contributed by atoms with Crippen LogP contribution < -0.4 is 0 Å². The summed E-state index contributed by atoms with van der Waals surface area (Å²) >= 11 is 2.08. The molecule has 0 amide bonds. The van der Waals surface area contributed by atoms with Crippen molar-refractivity contribution in [2.45, 2.75) is 0 Å². The maximum absolute atomic E-state index is 4.71. The molecule has 0 saturated heterocycles. The van der Waals surface area contributed by atoms with Gasteiger partial charge < -0.3 is 0 Å². The third kappa shape index (κ3) is 2.80. The van der Waals surface area contributed by atoms with E-state index in [4.69, 9.17) is 9.97 Å². The maximum atomic E-state index is 4.71. The van der Waals surface area contributed by atoms with Crippen molar-refractivity contribution in [3.63, 3.8) is 0 Å². The summed E-state index contributed by atoms with van der Waals surface area (Å²) in [6.07, 6.45) is 8.35. The van der Waals surface area contributed by atoms with Crippen molar-refractivity contribution in [3.8, 4) is 0 Å². The van der Waals surface area contributed by atoms with E-state index in [9.17, 15) is 0 Å². The summed E-state index contributed by atoms with van der Waals surface area (Å²) in [6, 6.07) is 17.3. The average Bonchev–Trinajstić information content (AvgIpc) is 3.32. The first-order chi connectivity index (χ1) is 11.8. The predicted octanol–water partition coefficient (Wildman–Crippen LogP) is 5.12. The minimum atomic E-state index is 0.322. The Balaban J connectivity index is 1.85. The number of rotatable bonds is 0. The Kier molecular flexibility index (Phi) is 3.34. The average molecular weight is 391 g/mol. The van der Waals surface area contributed by atoms with Crippen LogP contribution in [0, 0.1) is 0 Å². The van der Waals surface area contributed by atoms with Crippen molar-refractivity contribution in [1.82, 2.24) is 9.97 Å². The molecule has 114 valence electrons. The van der Waals surface area contributed by atoms with E-state index in [1.54, 1.807) is 11.3 Å². The van der Waals surface area contributed by atoms with Gasteiger partial charge in [0.15, 0.2) is 0 Å². The zero-order chi connectivity index (χ0) is 15.9. The van der Waals surface area contributed by atoms with Gasteiger partial charge in [0.1, 0.15) is 0 Å². The third-order valence-electron chi connectivity index (χ3n) is 3.82. The molecule has 24 heavy (non-hydrogen) atoms. The van der Waals surface area contributed by atoms with E-state index in [0.29, 0.717) is 14.5 Å². The van der Waals surface area contributed by atoms with Crippen molar-refractivity contribution in [2.75, 3.05) is 0 Å². The van der Waals surface area contributed by atoms with Gasteiger partial charge in [0, 0.05) is 0 Å². The number of hydrogen-bond acceptors (Lipinski definition) is 3. The van der Waals surface area contributed by atoms with E-state index in [1.807, 2.05) is 0 Å². The molecule has 5 rings (SSSR count). The molecule has 4 heteroatoms. The van der Waals surface area contributed by atoms with Gasteiger partial charge >= 0.3 is 149 Å². The van der Waals surface area contributed by atoms with Gasteiger partial charge in [-0.1, -0.05) is 0 Å². The standard InChI is InChI=1S/C20H12N2SSe/c1-3-15-11-19-7-8-20(24-19)12-16-4-2-14(22-16)10-18-6-5-17(23-18)9-13(1)21-15/h1-12H. The Morgan fingerprint density at radius 1 is 0.583 bits per heavy atom. The normalized spacial score (nSPS) is 12.7. The van der Waals surface area contributed by atoms with Crippen LogP contribution in [0.4, 0.5) is 0 Å². The van der Waals surface area contributed by atoms with E-state index in [1.165, 1.54) is 17.9 Å². The first-order valence-corrected chi connectivity index (χ1v) is 10.2. The summed E-state index contributed by atoms with van der Waals surface area (Å²) in [4.78, 5) is 9.42. The molecule has 3 aromatic rings. The van der Waals surface area contributed by atoms with E-state index in [2.05, 4.69) is 72.8 Å². The van der Waals surface area contributed by atoms with Crippen molar-refractivity contribution < 1.29 is 0 Å². The molecule has 0 fully saturated rings. The second-order valence-electron chi connectivity index (χ2n) is 5.65. The summed E-state index contributed by atoms with van der Waals surface area (Å²) in [7, 11) is 0. The molecule has 0 spiro atoms. The van der Waals surface area contributed by atoms with E-state index >= 15 is 0 Å². The number of aromatic nitrogens is 2. The first kappa shape index (κ1) is 14.1. The summed E-state index contributed by atoms with van der Waals surface area (Å²) in [5.74, 6) is 0. The van der Waals surface area contributed by atoms with Gasteiger partial charge in [-0.3, -0.25) is 0 Å². The molecule has 0 atom stereocenters. The van der Waals surface area contributed by atoms with Crippen LogP contribution in [0.5, 0.6) is 0 Å². The van der Waals surface area contributed by atoms with Gasteiger partial charge in [0.05, 0.1) is 0 Å². The molecule has 2 aliphatic rings. The third-order valence-corrected chi connectivity index (χ3v) is 6.86. The number of nitrogens with zero attached hydrogens (tertiary/aromatic N) is 2. The predicted molar refractivity (Wildman–Crippen MR) is 105 cm³/mol. The van der Waals surface area contributed by atoms with Crippen LogP contribution in [0.1, 0.15) is 22.8 Å². The topological polar surface area (TPSA) is 25.8 Å². The SMILES string of the molecule is C1=Cc2cc3ccc(cc4nc(cc5ccc(cc1n2)s5)C=C4)[se]3. The summed E-state index contributed by atoms with van der Waals surface area (Å²) in [6.45, 7) is 0. The van der Waals surface area contributed by atoms with Crippen molar-refractivity contribution in [1.29, 1.82) is 0 Å². The van der Waals surface area contributed by atoms with Crippen LogP contribution in [-0.2, 0) is 0 Å². The van der Waals surface area contributed by atoms with Crippen LogP contribution in [0.15, 0.2) is 48.5 Å². The van der Waals surface area contributed by atoms with Crippen LogP contribution in [0.2, 0.25) is 0 Å². The molecule has 0 saturated carbocycles. The van der Waals surface area contributed by atoms with Crippen LogP contribution in [0.3, 0.4) is 0 Å². The number of hydrogen-bond donors (Lipinski definition) is 0. The van der Waals surface area contributed by atoms with Crippen LogP contribution in [-0.4, -0.2) is 24.5 Å². The van der Waals surface area contributed by atoms with Crippen molar-refractivity contribution in [2.24, 2.45) is 0 Å². The van der Waals surface area contributed by atoms with E-state index in [-0.39, 0.29) is 0 Å². The molecule has 0 unspecified atom stereocenters. The van der Waals surface area contributed by atoms with Crippen molar-refractivity contribution in [3.05, 3.63) is 71.3 Å². The van der Waals surface area contributed by atoms with Gasteiger partial charge in [-0.15, -0.1) is 0 Å². The van der Waals surface area contributed by atoms with E-state index in [0.717, 1.165) is 22.8 Å². The monoisotopic (exact) mass is 392 g/mol. The molecule has 0 radical (unpaired) electrons. The van der Waals surface area contributed by atoms with Gasteiger partial charge in [0.25, 0.3) is 0 Å². The summed E-state index contributed by atoms with van der Waals surface area (Å²) < 4.78 is 5.12. The minimum absolute atomic E-state index is 0.322. The molecular weight excluding hydrogens is 379 g/mol. The Bertz CT molecular complexity index is 990. The fourth-order valence-electron chi connectivity index (χ4n) is 2.74. The summed E-state index contributed by atoms with van der Waals surface area (Å²) in [5.41, 5.74) is 4.10. The summed E-state index contributed by atoms with van der Waals surface area (Å²) in [5, 5.41) is 0. The molecule has 5 heterocycles. The van der Waals surface area contributed by atoms with Gasteiger partial charge in [-0.2, -0.15) is 0 Å². The molecule has 0 aromatic carbocycles. The number of fused-ring (bicyclic) bond motifs is 8. The molecule has 0 aliphatic carbocycles. The molecular formula is C20H12N2SSe. The van der Waals surface area contributed by atoms with Gasteiger partial charge in [-0.25, -0.2) is 0 Å². The van der Waals surface area contributed by atoms with Crippen molar-refractivity contribution >= 4 is 68.1 Å². The van der Waals surface area contributed by atoms with Crippen LogP contribution >= 0.6 is 11.3 Å². The first-order valence-electron chi connectivity index (χ1n) is 7.66. The van der Waals surface area contributed by atoms with Gasteiger partial charge in [0.2, 0.25) is 0 Å². The Labute approximate surface area is 149 Å². The Morgan fingerprint density at radius 3 is 1.54 bits per heavy atom. The fraction of sp³-hybridized carbons (Fsp3) is 0. The Hall–Kier alpha value is -2.26.